The van der Waals surface area contributed by atoms with Crippen LogP contribution in [0.25, 0.3) is 6.08 Å². The number of hydrogen-bond acceptors (Lipinski definition) is 7. The number of furan rings is 1. The van der Waals surface area contributed by atoms with E-state index < -0.39 is 21.9 Å². The molecule has 0 N–H and O–H groups in total. The van der Waals surface area contributed by atoms with Crippen LogP contribution < -0.4 is 9.64 Å². The minimum atomic E-state index is -3.92. The number of hydrogen-bond donors (Lipinski definition) is 0. The highest BCUT2D eigenvalue weighted by Crippen LogP contribution is 2.36. The molecule has 232 valence electrons. The van der Waals surface area contributed by atoms with Crippen LogP contribution in [-0.4, -0.2) is 38.3 Å². The standard InChI is InChI=1S/C34H31ClN2O7S/c1-4-43-34(39)32-23(2)37(26-14-16-27(42-3)17-15-26)33(38)31(32)20-28-18-19-29(44-28)22-36(21-24-10-12-25(35)13-11-24)45(40,41)30-8-6-5-7-9-30/h5-20H,4,21-22H2,1-3H3/b31-20+. The molecule has 2 heterocycles. The molecule has 0 radical (unpaired) electrons. The molecule has 1 aromatic heterocycles. The molecule has 0 fully saturated rings. The summed E-state index contributed by atoms with van der Waals surface area (Å²) >= 11 is 6.04. The zero-order valence-electron chi connectivity index (χ0n) is 24.9. The van der Waals surface area contributed by atoms with Gasteiger partial charge in [-0.15, -0.1) is 0 Å². The molecule has 11 heteroatoms. The first-order chi connectivity index (χ1) is 21.6. The fourth-order valence-corrected chi connectivity index (χ4v) is 6.50. The number of methoxy groups -OCH3 is 1. The summed E-state index contributed by atoms with van der Waals surface area (Å²) < 4.78 is 45.3. The second kappa shape index (κ2) is 13.6. The van der Waals surface area contributed by atoms with Gasteiger partial charge in [0.25, 0.3) is 5.91 Å². The average Bonchev–Trinajstić information content (AvgIpc) is 3.58. The van der Waals surface area contributed by atoms with Crippen LogP contribution in [0.15, 0.2) is 117 Å². The number of allylic oxidation sites excluding steroid dienone is 1. The van der Waals surface area contributed by atoms with Gasteiger partial charge in [-0.3, -0.25) is 9.69 Å². The number of sulfonamides is 1. The van der Waals surface area contributed by atoms with Crippen LogP contribution in [0, 0.1) is 0 Å². The van der Waals surface area contributed by atoms with Gasteiger partial charge in [-0.25, -0.2) is 13.2 Å². The van der Waals surface area contributed by atoms with Gasteiger partial charge in [0, 0.05) is 23.0 Å². The molecule has 1 aliphatic rings. The first-order valence-corrected chi connectivity index (χ1v) is 15.9. The lowest BCUT2D eigenvalue weighted by molar-refractivity contribution is -0.138. The molecule has 1 aliphatic heterocycles. The Labute approximate surface area is 267 Å². The molecule has 0 atom stereocenters. The topological polar surface area (TPSA) is 106 Å². The summed E-state index contributed by atoms with van der Waals surface area (Å²) in [6.07, 6.45) is 1.47. The van der Waals surface area contributed by atoms with Crippen molar-refractivity contribution in [1.29, 1.82) is 0 Å². The number of benzene rings is 3. The summed E-state index contributed by atoms with van der Waals surface area (Å²) in [7, 11) is -2.37. The highest BCUT2D eigenvalue weighted by molar-refractivity contribution is 7.89. The number of halogens is 1. The Bertz CT molecular complexity index is 1860. The number of carbonyl (C=O) groups excluding carboxylic acids is 2. The van der Waals surface area contributed by atoms with E-state index in [0.717, 1.165) is 5.56 Å². The molecule has 0 spiro atoms. The lowest BCUT2D eigenvalue weighted by Gasteiger charge is -2.21. The molecular weight excluding hydrogens is 616 g/mol. The van der Waals surface area contributed by atoms with E-state index >= 15 is 0 Å². The van der Waals surface area contributed by atoms with E-state index in [1.54, 1.807) is 99.8 Å². The molecule has 1 amide bonds. The van der Waals surface area contributed by atoms with E-state index in [1.165, 1.54) is 27.4 Å². The third-order valence-electron chi connectivity index (χ3n) is 7.16. The number of rotatable bonds is 11. The van der Waals surface area contributed by atoms with Crippen molar-refractivity contribution in [2.24, 2.45) is 0 Å². The lowest BCUT2D eigenvalue weighted by Crippen LogP contribution is -2.30. The van der Waals surface area contributed by atoms with E-state index in [0.29, 0.717) is 27.9 Å². The molecule has 0 saturated heterocycles. The molecule has 0 aliphatic carbocycles. The van der Waals surface area contributed by atoms with Gasteiger partial charge >= 0.3 is 5.97 Å². The molecule has 4 aromatic rings. The molecule has 0 bridgehead atoms. The summed E-state index contributed by atoms with van der Waals surface area (Å²) in [5.41, 5.74) is 1.91. The van der Waals surface area contributed by atoms with E-state index in [-0.39, 0.29) is 41.5 Å². The van der Waals surface area contributed by atoms with Crippen molar-refractivity contribution in [3.05, 3.63) is 130 Å². The summed E-state index contributed by atoms with van der Waals surface area (Å²) in [6.45, 7) is 3.47. The highest BCUT2D eigenvalue weighted by atomic mass is 35.5. The fourth-order valence-electron chi connectivity index (χ4n) is 4.96. The Morgan fingerprint density at radius 2 is 1.64 bits per heavy atom. The van der Waals surface area contributed by atoms with Crippen molar-refractivity contribution in [3.63, 3.8) is 0 Å². The molecule has 9 nitrogen and oxygen atoms in total. The van der Waals surface area contributed by atoms with Gasteiger partial charge in [-0.05, 0) is 86.2 Å². The Morgan fingerprint density at radius 1 is 0.956 bits per heavy atom. The minimum absolute atomic E-state index is 0.0652. The van der Waals surface area contributed by atoms with Gasteiger partial charge in [0.05, 0.1) is 36.3 Å². The number of amides is 1. The predicted molar refractivity (Wildman–Crippen MR) is 171 cm³/mol. The summed E-state index contributed by atoms with van der Waals surface area (Å²) in [4.78, 5) is 28.3. The van der Waals surface area contributed by atoms with Crippen molar-refractivity contribution in [1.82, 2.24) is 4.31 Å². The normalized spacial score (nSPS) is 14.5. The summed E-state index contributed by atoms with van der Waals surface area (Å²) in [5, 5.41) is 0.540. The van der Waals surface area contributed by atoms with E-state index in [4.69, 9.17) is 25.5 Å². The Morgan fingerprint density at radius 3 is 2.29 bits per heavy atom. The molecule has 0 unspecified atom stereocenters. The van der Waals surface area contributed by atoms with Crippen molar-refractivity contribution in [3.8, 4) is 5.75 Å². The van der Waals surface area contributed by atoms with Crippen LogP contribution in [-0.2, 0) is 37.4 Å². The van der Waals surface area contributed by atoms with Crippen LogP contribution in [0.2, 0.25) is 5.02 Å². The van der Waals surface area contributed by atoms with Crippen LogP contribution in [0.3, 0.4) is 0 Å². The first-order valence-electron chi connectivity index (χ1n) is 14.1. The van der Waals surface area contributed by atoms with Gasteiger partial charge in [-0.1, -0.05) is 41.9 Å². The van der Waals surface area contributed by atoms with Crippen molar-refractivity contribution in [2.45, 2.75) is 31.8 Å². The van der Waals surface area contributed by atoms with Crippen LogP contribution in [0.1, 0.15) is 30.9 Å². The predicted octanol–water partition coefficient (Wildman–Crippen LogP) is 6.60. The van der Waals surface area contributed by atoms with Crippen LogP contribution >= 0.6 is 11.6 Å². The molecular formula is C34H31ClN2O7S. The second-order valence-electron chi connectivity index (χ2n) is 10.1. The number of ether oxygens (including phenoxy) is 2. The third-order valence-corrected chi connectivity index (χ3v) is 9.22. The van der Waals surface area contributed by atoms with Crippen molar-refractivity contribution < 1.29 is 31.9 Å². The Balaban J connectivity index is 1.48. The van der Waals surface area contributed by atoms with Gasteiger partial charge < -0.3 is 13.9 Å². The zero-order valence-corrected chi connectivity index (χ0v) is 26.5. The zero-order chi connectivity index (χ0) is 32.1. The van der Waals surface area contributed by atoms with Crippen LogP contribution in [0.4, 0.5) is 5.69 Å². The van der Waals surface area contributed by atoms with E-state index in [2.05, 4.69) is 0 Å². The smallest absolute Gasteiger partial charge is 0.340 e. The molecule has 45 heavy (non-hydrogen) atoms. The Hall–Kier alpha value is -4.64. The van der Waals surface area contributed by atoms with E-state index in [9.17, 15) is 18.0 Å². The summed E-state index contributed by atoms with van der Waals surface area (Å²) in [6, 6.07) is 25.2. The van der Waals surface area contributed by atoms with Gasteiger partial charge in [0.2, 0.25) is 10.0 Å². The Kier molecular flexibility index (Phi) is 9.57. The number of anilines is 1. The van der Waals surface area contributed by atoms with Gasteiger partial charge in [-0.2, -0.15) is 4.31 Å². The fraction of sp³-hybridized carbons (Fsp3) is 0.176. The second-order valence-corrected chi connectivity index (χ2v) is 12.5. The number of nitrogens with zero attached hydrogens (tertiary/aromatic N) is 2. The quantitative estimate of drug-likeness (QED) is 0.134. The lowest BCUT2D eigenvalue weighted by atomic mass is 10.1. The molecule has 5 rings (SSSR count). The number of carbonyl (C=O) groups is 2. The van der Waals surface area contributed by atoms with Crippen molar-refractivity contribution >= 4 is 45.3 Å². The van der Waals surface area contributed by atoms with Gasteiger partial charge in [0.1, 0.15) is 17.3 Å². The molecule has 3 aromatic carbocycles. The SMILES string of the molecule is CCOC(=O)C1=C(C)N(c2ccc(OC)cc2)C(=O)/C1=C/c1ccc(CN(Cc2ccc(Cl)cc2)S(=O)(=O)c2ccccc2)o1. The maximum Gasteiger partial charge on any atom is 0.340 e. The average molecular weight is 647 g/mol. The third kappa shape index (κ3) is 6.88. The maximum atomic E-state index is 13.7. The largest absolute Gasteiger partial charge is 0.497 e. The first kappa shape index (κ1) is 31.8. The number of esters is 1. The highest BCUT2D eigenvalue weighted by Gasteiger charge is 2.38. The summed E-state index contributed by atoms with van der Waals surface area (Å²) in [5.74, 6) is 0.153. The van der Waals surface area contributed by atoms with Crippen molar-refractivity contribution in [2.75, 3.05) is 18.6 Å². The monoisotopic (exact) mass is 646 g/mol. The van der Waals surface area contributed by atoms with Gasteiger partial charge in [0.15, 0.2) is 0 Å². The minimum Gasteiger partial charge on any atom is -0.497 e. The maximum absolute atomic E-state index is 13.7. The van der Waals surface area contributed by atoms with E-state index in [1.807, 2.05) is 0 Å². The van der Waals surface area contributed by atoms with Crippen LogP contribution in [0.5, 0.6) is 5.75 Å². The molecule has 0 saturated carbocycles.